The molecule has 0 saturated heterocycles. The first-order chi connectivity index (χ1) is 7.54. The highest BCUT2D eigenvalue weighted by Gasteiger charge is 2.17. The van der Waals surface area contributed by atoms with Crippen molar-refractivity contribution in [1.29, 1.82) is 0 Å². The van der Waals surface area contributed by atoms with Gasteiger partial charge in [0.25, 0.3) is 0 Å². The predicted octanol–water partition coefficient (Wildman–Crippen LogP) is 2.34. The molecule has 0 saturated carbocycles. The van der Waals surface area contributed by atoms with Crippen LogP contribution in [0.1, 0.15) is 31.9 Å². The molecule has 0 aliphatic rings. The van der Waals surface area contributed by atoms with Crippen LogP contribution in [0.25, 0.3) is 0 Å². The molecule has 1 aromatic rings. The maximum absolute atomic E-state index is 13.0. The number of carboxylic acids is 1. The van der Waals surface area contributed by atoms with Crippen molar-refractivity contribution < 1.29 is 14.3 Å². The van der Waals surface area contributed by atoms with E-state index >= 15 is 0 Å². The Morgan fingerprint density at radius 1 is 1.56 bits per heavy atom. The number of carbonyl (C=O) groups is 1. The number of hydrogen-bond acceptors (Lipinski definition) is 2. The van der Waals surface area contributed by atoms with Crippen LogP contribution in [0.2, 0.25) is 0 Å². The lowest BCUT2D eigenvalue weighted by Crippen LogP contribution is -2.37. The second-order valence-electron chi connectivity index (χ2n) is 3.74. The van der Waals surface area contributed by atoms with Gasteiger partial charge < -0.3 is 5.11 Å². The molecule has 0 fully saturated rings. The van der Waals surface area contributed by atoms with Crippen molar-refractivity contribution >= 4 is 5.97 Å². The summed E-state index contributed by atoms with van der Waals surface area (Å²) >= 11 is 0. The van der Waals surface area contributed by atoms with Crippen LogP contribution in [0.5, 0.6) is 0 Å². The summed E-state index contributed by atoms with van der Waals surface area (Å²) in [5.41, 5.74) is 0.750. The van der Waals surface area contributed by atoms with Gasteiger partial charge in [0.1, 0.15) is 11.9 Å². The topological polar surface area (TPSA) is 49.3 Å². The Bertz CT molecular complexity index is 368. The van der Waals surface area contributed by atoms with Gasteiger partial charge in [0.15, 0.2) is 0 Å². The van der Waals surface area contributed by atoms with Crippen LogP contribution >= 0.6 is 0 Å². The van der Waals surface area contributed by atoms with Gasteiger partial charge in [0.05, 0.1) is 0 Å². The average Bonchev–Trinajstić information content (AvgIpc) is 2.25. The number of nitrogens with one attached hydrogen (secondary N) is 1. The zero-order valence-electron chi connectivity index (χ0n) is 9.40. The van der Waals surface area contributed by atoms with Crippen LogP contribution in [-0.2, 0) is 4.79 Å². The van der Waals surface area contributed by atoms with E-state index in [0.717, 1.165) is 5.56 Å². The van der Waals surface area contributed by atoms with Gasteiger partial charge >= 0.3 is 5.97 Å². The highest BCUT2D eigenvalue weighted by molar-refractivity contribution is 5.73. The first kappa shape index (κ1) is 12.6. The van der Waals surface area contributed by atoms with Crippen LogP contribution in [0.4, 0.5) is 4.39 Å². The summed E-state index contributed by atoms with van der Waals surface area (Å²) in [5, 5.41) is 11.8. The van der Waals surface area contributed by atoms with Crippen LogP contribution in [-0.4, -0.2) is 17.1 Å². The predicted molar refractivity (Wildman–Crippen MR) is 59.7 cm³/mol. The van der Waals surface area contributed by atoms with Crippen molar-refractivity contribution in [1.82, 2.24) is 5.32 Å². The quantitative estimate of drug-likeness (QED) is 0.808. The molecule has 0 heterocycles. The molecule has 1 unspecified atom stereocenters. The van der Waals surface area contributed by atoms with Crippen molar-refractivity contribution in [2.75, 3.05) is 0 Å². The van der Waals surface area contributed by atoms with E-state index in [0.29, 0.717) is 6.42 Å². The molecule has 0 amide bonds. The third-order valence-electron chi connectivity index (χ3n) is 2.51. The van der Waals surface area contributed by atoms with Crippen molar-refractivity contribution in [2.45, 2.75) is 32.4 Å². The maximum atomic E-state index is 13.0. The number of benzene rings is 1. The maximum Gasteiger partial charge on any atom is 0.320 e. The van der Waals surface area contributed by atoms with Crippen molar-refractivity contribution in [3.05, 3.63) is 35.6 Å². The second-order valence-corrected chi connectivity index (χ2v) is 3.74. The summed E-state index contributed by atoms with van der Waals surface area (Å²) < 4.78 is 13.0. The van der Waals surface area contributed by atoms with Crippen LogP contribution in [0.3, 0.4) is 0 Å². The van der Waals surface area contributed by atoms with Gasteiger partial charge in [0.2, 0.25) is 0 Å². The Kier molecular flexibility index (Phi) is 4.43. The molecule has 0 aliphatic heterocycles. The molecule has 2 N–H and O–H groups in total. The van der Waals surface area contributed by atoms with E-state index in [1.54, 1.807) is 19.1 Å². The Morgan fingerprint density at radius 2 is 2.25 bits per heavy atom. The van der Waals surface area contributed by atoms with Crippen LogP contribution < -0.4 is 5.32 Å². The van der Waals surface area contributed by atoms with E-state index < -0.39 is 12.0 Å². The lowest BCUT2D eigenvalue weighted by molar-refractivity contribution is -0.139. The number of hydrogen-bond donors (Lipinski definition) is 2. The molecular formula is C12H16FNO2. The SMILES string of the molecule is CCC(N[C@@H](C)c1cccc(F)c1)C(=O)O. The zero-order chi connectivity index (χ0) is 12.1. The van der Waals surface area contributed by atoms with Crippen molar-refractivity contribution in [2.24, 2.45) is 0 Å². The van der Waals surface area contributed by atoms with E-state index in [2.05, 4.69) is 5.32 Å². The first-order valence-corrected chi connectivity index (χ1v) is 5.29. The van der Waals surface area contributed by atoms with Gasteiger partial charge in [-0.1, -0.05) is 19.1 Å². The number of halogens is 1. The minimum absolute atomic E-state index is 0.184. The summed E-state index contributed by atoms with van der Waals surface area (Å²) in [6, 6.07) is 5.38. The molecule has 88 valence electrons. The summed E-state index contributed by atoms with van der Waals surface area (Å²) in [4.78, 5) is 10.8. The number of aliphatic carboxylic acids is 1. The molecule has 0 radical (unpaired) electrons. The Labute approximate surface area is 94.3 Å². The monoisotopic (exact) mass is 225 g/mol. The number of rotatable bonds is 5. The molecule has 2 atom stereocenters. The van der Waals surface area contributed by atoms with Gasteiger partial charge in [-0.05, 0) is 31.0 Å². The molecule has 1 aromatic carbocycles. The third-order valence-corrected chi connectivity index (χ3v) is 2.51. The molecule has 4 heteroatoms. The zero-order valence-corrected chi connectivity index (χ0v) is 9.40. The standard InChI is InChI=1S/C12H16FNO2/c1-3-11(12(15)16)14-8(2)9-5-4-6-10(13)7-9/h4-8,11,14H,3H2,1-2H3,(H,15,16)/t8-,11?/m0/s1. The molecule has 3 nitrogen and oxygen atoms in total. The summed E-state index contributed by atoms with van der Waals surface area (Å²) in [5.74, 6) is -1.19. The van der Waals surface area contributed by atoms with E-state index in [4.69, 9.17) is 5.11 Å². The fourth-order valence-electron chi connectivity index (χ4n) is 1.54. The van der Waals surface area contributed by atoms with Gasteiger partial charge in [-0.25, -0.2) is 4.39 Å². The highest BCUT2D eigenvalue weighted by atomic mass is 19.1. The van der Waals surface area contributed by atoms with E-state index in [9.17, 15) is 9.18 Å². The Hall–Kier alpha value is -1.42. The fraction of sp³-hybridized carbons (Fsp3) is 0.417. The van der Waals surface area contributed by atoms with Crippen LogP contribution in [0.15, 0.2) is 24.3 Å². The van der Waals surface area contributed by atoms with Gasteiger partial charge in [0, 0.05) is 6.04 Å². The van der Waals surface area contributed by atoms with Gasteiger partial charge in [-0.15, -0.1) is 0 Å². The van der Waals surface area contributed by atoms with Crippen molar-refractivity contribution in [3.8, 4) is 0 Å². The molecular weight excluding hydrogens is 209 g/mol. The van der Waals surface area contributed by atoms with E-state index in [-0.39, 0.29) is 11.9 Å². The van der Waals surface area contributed by atoms with Gasteiger partial charge in [-0.2, -0.15) is 0 Å². The van der Waals surface area contributed by atoms with Crippen LogP contribution in [0, 0.1) is 5.82 Å². The van der Waals surface area contributed by atoms with E-state index in [1.165, 1.54) is 12.1 Å². The minimum Gasteiger partial charge on any atom is -0.480 e. The summed E-state index contributed by atoms with van der Waals surface area (Å²) in [6.45, 7) is 3.62. The fourth-order valence-corrected chi connectivity index (χ4v) is 1.54. The highest BCUT2D eigenvalue weighted by Crippen LogP contribution is 2.14. The first-order valence-electron chi connectivity index (χ1n) is 5.29. The molecule has 0 aromatic heterocycles. The van der Waals surface area contributed by atoms with E-state index in [1.807, 2.05) is 6.92 Å². The molecule has 1 rings (SSSR count). The lowest BCUT2D eigenvalue weighted by Gasteiger charge is -2.19. The minimum atomic E-state index is -0.884. The Balaban J connectivity index is 2.71. The summed E-state index contributed by atoms with van der Waals surface area (Å²) in [7, 11) is 0. The lowest BCUT2D eigenvalue weighted by atomic mass is 10.1. The Morgan fingerprint density at radius 3 is 2.75 bits per heavy atom. The molecule has 0 aliphatic carbocycles. The van der Waals surface area contributed by atoms with Gasteiger partial charge in [-0.3, -0.25) is 10.1 Å². The normalized spacial score (nSPS) is 14.4. The summed E-state index contributed by atoms with van der Waals surface area (Å²) in [6.07, 6.45) is 0.495. The molecule has 16 heavy (non-hydrogen) atoms. The number of carboxylic acid groups (broad SMARTS) is 1. The molecule has 0 bridgehead atoms. The van der Waals surface area contributed by atoms with Crippen molar-refractivity contribution in [3.63, 3.8) is 0 Å². The second kappa shape index (κ2) is 5.61. The third kappa shape index (κ3) is 3.31. The largest absolute Gasteiger partial charge is 0.480 e. The molecule has 0 spiro atoms. The smallest absolute Gasteiger partial charge is 0.320 e. The average molecular weight is 225 g/mol.